The number of hydrogen-bond donors (Lipinski definition) is 1. The van der Waals surface area contributed by atoms with Crippen LogP contribution in [0.4, 0.5) is 0 Å². The molecule has 4 heteroatoms. The highest BCUT2D eigenvalue weighted by Gasteiger charge is 2.46. The molecule has 0 bridgehead atoms. The summed E-state index contributed by atoms with van der Waals surface area (Å²) in [4.78, 5) is 25.0. The van der Waals surface area contributed by atoms with Crippen LogP contribution in [0.3, 0.4) is 0 Å². The Morgan fingerprint density at radius 3 is 2.59 bits per heavy atom. The zero-order valence-corrected chi connectivity index (χ0v) is 11.0. The average Bonchev–Trinajstić information content (AvgIpc) is 2.78. The minimum atomic E-state index is -0.273. The Hall–Kier alpha value is -0.900. The first-order valence-corrected chi connectivity index (χ1v) is 6.53. The Bertz CT molecular complexity index is 338. The van der Waals surface area contributed by atoms with Gasteiger partial charge in [-0.3, -0.25) is 14.5 Å². The Balaban J connectivity index is 1.83. The minimum Gasteiger partial charge on any atom is -0.305 e. The molecule has 1 aliphatic carbocycles. The fourth-order valence-corrected chi connectivity index (χ4v) is 2.51. The van der Waals surface area contributed by atoms with Crippen molar-refractivity contribution in [2.75, 3.05) is 13.1 Å². The van der Waals surface area contributed by atoms with Gasteiger partial charge in [0.05, 0.1) is 12.5 Å². The van der Waals surface area contributed by atoms with Crippen LogP contribution in [-0.4, -0.2) is 35.8 Å². The van der Waals surface area contributed by atoms with Crippen LogP contribution >= 0.6 is 0 Å². The van der Waals surface area contributed by atoms with Crippen LogP contribution in [0.25, 0.3) is 0 Å². The first-order chi connectivity index (χ1) is 7.95. The number of likely N-dealkylation sites (tertiary alicyclic amines) is 1. The third-order valence-electron chi connectivity index (χ3n) is 4.02. The van der Waals surface area contributed by atoms with Crippen LogP contribution in [0.15, 0.2) is 0 Å². The lowest BCUT2D eigenvalue weighted by Gasteiger charge is -2.14. The molecule has 1 heterocycles. The lowest BCUT2D eigenvalue weighted by atomic mass is 10.1. The summed E-state index contributed by atoms with van der Waals surface area (Å²) in [5.74, 6) is 0.602. The SMILES string of the molecule is CCCN1C(=O)CC(NCC2CC2(C)C)C1=O. The van der Waals surface area contributed by atoms with Crippen LogP contribution < -0.4 is 5.32 Å². The molecule has 2 amide bonds. The van der Waals surface area contributed by atoms with Crippen molar-refractivity contribution >= 4 is 11.8 Å². The number of carbonyl (C=O) groups excluding carboxylic acids is 2. The molecule has 2 atom stereocenters. The van der Waals surface area contributed by atoms with Crippen molar-refractivity contribution in [2.24, 2.45) is 11.3 Å². The number of imide groups is 1. The first-order valence-electron chi connectivity index (χ1n) is 6.53. The predicted molar refractivity (Wildman–Crippen MR) is 65.3 cm³/mol. The van der Waals surface area contributed by atoms with E-state index in [0.717, 1.165) is 13.0 Å². The Kier molecular flexibility index (Phi) is 3.25. The van der Waals surface area contributed by atoms with Gasteiger partial charge in [-0.15, -0.1) is 0 Å². The molecule has 1 saturated carbocycles. The van der Waals surface area contributed by atoms with Crippen molar-refractivity contribution in [1.29, 1.82) is 0 Å². The van der Waals surface area contributed by atoms with Gasteiger partial charge in [0.2, 0.25) is 11.8 Å². The van der Waals surface area contributed by atoms with Crippen molar-refractivity contribution < 1.29 is 9.59 Å². The second-order valence-corrected chi connectivity index (χ2v) is 5.94. The predicted octanol–water partition coefficient (Wildman–Crippen LogP) is 1.16. The monoisotopic (exact) mass is 238 g/mol. The van der Waals surface area contributed by atoms with E-state index in [1.54, 1.807) is 0 Å². The van der Waals surface area contributed by atoms with Gasteiger partial charge in [-0.25, -0.2) is 0 Å². The van der Waals surface area contributed by atoms with Gasteiger partial charge in [0, 0.05) is 6.54 Å². The molecule has 1 N–H and O–H groups in total. The number of hydrogen-bond acceptors (Lipinski definition) is 3. The molecule has 0 radical (unpaired) electrons. The lowest BCUT2D eigenvalue weighted by Crippen LogP contribution is -2.40. The molecular weight excluding hydrogens is 216 g/mol. The third-order valence-corrected chi connectivity index (χ3v) is 4.02. The smallest absolute Gasteiger partial charge is 0.246 e. The molecule has 2 rings (SSSR count). The zero-order chi connectivity index (χ0) is 12.6. The number of amides is 2. The highest BCUT2D eigenvalue weighted by molar-refractivity contribution is 6.05. The van der Waals surface area contributed by atoms with E-state index in [1.807, 2.05) is 6.92 Å². The van der Waals surface area contributed by atoms with Crippen LogP contribution in [0.1, 0.15) is 40.0 Å². The van der Waals surface area contributed by atoms with Gasteiger partial charge in [-0.1, -0.05) is 20.8 Å². The van der Waals surface area contributed by atoms with Gasteiger partial charge < -0.3 is 5.32 Å². The molecule has 2 aliphatic rings. The third kappa shape index (κ3) is 2.51. The quantitative estimate of drug-likeness (QED) is 0.731. The van der Waals surface area contributed by atoms with Crippen LogP contribution in [0.2, 0.25) is 0 Å². The Morgan fingerprint density at radius 2 is 2.06 bits per heavy atom. The van der Waals surface area contributed by atoms with E-state index in [9.17, 15) is 9.59 Å². The summed E-state index contributed by atoms with van der Waals surface area (Å²) in [5.41, 5.74) is 0.418. The maximum Gasteiger partial charge on any atom is 0.246 e. The second-order valence-electron chi connectivity index (χ2n) is 5.94. The van der Waals surface area contributed by atoms with E-state index in [1.165, 1.54) is 11.3 Å². The molecule has 0 spiro atoms. The molecule has 1 saturated heterocycles. The van der Waals surface area contributed by atoms with Crippen molar-refractivity contribution in [3.05, 3.63) is 0 Å². The first kappa shape index (κ1) is 12.6. The Morgan fingerprint density at radius 1 is 1.41 bits per heavy atom. The van der Waals surface area contributed by atoms with Crippen molar-refractivity contribution in [2.45, 2.75) is 46.1 Å². The molecule has 0 aromatic carbocycles. The van der Waals surface area contributed by atoms with Crippen molar-refractivity contribution in [3.8, 4) is 0 Å². The highest BCUT2D eigenvalue weighted by atomic mass is 16.2. The summed E-state index contributed by atoms with van der Waals surface area (Å²) in [6, 6.07) is -0.273. The van der Waals surface area contributed by atoms with E-state index in [2.05, 4.69) is 19.2 Å². The summed E-state index contributed by atoms with van der Waals surface area (Å²) < 4.78 is 0. The molecule has 2 unspecified atom stereocenters. The Labute approximate surface area is 103 Å². The normalized spacial score (nSPS) is 31.1. The average molecular weight is 238 g/mol. The molecule has 2 fully saturated rings. The fourth-order valence-electron chi connectivity index (χ4n) is 2.51. The maximum absolute atomic E-state index is 11.9. The zero-order valence-electron chi connectivity index (χ0n) is 11.0. The maximum atomic E-state index is 11.9. The fraction of sp³-hybridized carbons (Fsp3) is 0.846. The van der Waals surface area contributed by atoms with Gasteiger partial charge in [-0.05, 0) is 30.7 Å². The molecule has 96 valence electrons. The van der Waals surface area contributed by atoms with Crippen LogP contribution in [-0.2, 0) is 9.59 Å². The van der Waals surface area contributed by atoms with Crippen LogP contribution in [0, 0.1) is 11.3 Å². The van der Waals surface area contributed by atoms with Crippen LogP contribution in [0.5, 0.6) is 0 Å². The summed E-state index contributed by atoms with van der Waals surface area (Å²) in [6.07, 6.45) is 2.39. The molecule has 17 heavy (non-hydrogen) atoms. The van der Waals surface area contributed by atoms with Crippen molar-refractivity contribution in [3.63, 3.8) is 0 Å². The molecule has 0 aromatic rings. The van der Waals surface area contributed by atoms with E-state index >= 15 is 0 Å². The highest BCUT2D eigenvalue weighted by Crippen LogP contribution is 2.51. The number of carbonyl (C=O) groups is 2. The largest absolute Gasteiger partial charge is 0.305 e. The molecular formula is C13H22N2O2. The lowest BCUT2D eigenvalue weighted by molar-refractivity contribution is -0.138. The summed E-state index contributed by atoms with van der Waals surface area (Å²) in [7, 11) is 0. The summed E-state index contributed by atoms with van der Waals surface area (Å²) >= 11 is 0. The number of nitrogens with zero attached hydrogens (tertiary/aromatic N) is 1. The number of rotatable bonds is 5. The van der Waals surface area contributed by atoms with Crippen molar-refractivity contribution in [1.82, 2.24) is 10.2 Å². The van der Waals surface area contributed by atoms with E-state index < -0.39 is 0 Å². The van der Waals surface area contributed by atoms with Gasteiger partial charge in [-0.2, -0.15) is 0 Å². The second kappa shape index (κ2) is 4.41. The van der Waals surface area contributed by atoms with E-state index in [4.69, 9.17) is 0 Å². The molecule has 4 nitrogen and oxygen atoms in total. The van der Waals surface area contributed by atoms with Gasteiger partial charge in [0.1, 0.15) is 0 Å². The standard InChI is InChI=1S/C13H22N2O2/c1-4-5-15-11(16)6-10(12(15)17)14-8-9-7-13(9,2)3/h9-10,14H,4-8H2,1-3H3. The van der Waals surface area contributed by atoms with Gasteiger partial charge in [0.15, 0.2) is 0 Å². The number of nitrogens with one attached hydrogen (secondary N) is 1. The topological polar surface area (TPSA) is 49.4 Å². The minimum absolute atomic E-state index is 0.0237. The molecule has 1 aliphatic heterocycles. The molecule has 0 aromatic heterocycles. The van der Waals surface area contributed by atoms with Gasteiger partial charge in [0.25, 0.3) is 0 Å². The van der Waals surface area contributed by atoms with E-state index in [-0.39, 0.29) is 17.9 Å². The summed E-state index contributed by atoms with van der Waals surface area (Å²) in [5, 5.41) is 3.26. The van der Waals surface area contributed by atoms with E-state index in [0.29, 0.717) is 24.3 Å². The summed E-state index contributed by atoms with van der Waals surface area (Å²) in [6.45, 7) is 7.88. The van der Waals surface area contributed by atoms with Gasteiger partial charge >= 0.3 is 0 Å².